The van der Waals surface area contributed by atoms with Crippen LogP contribution in [0.15, 0.2) is 0 Å². The molecule has 24 N–H and O–H groups in total. The van der Waals surface area contributed by atoms with Crippen molar-refractivity contribution in [1.29, 1.82) is 0 Å². The zero-order chi connectivity index (χ0) is 36.5. The third-order valence-corrected chi connectivity index (χ3v) is 2.10. The van der Waals surface area contributed by atoms with Crippen LogP contribution in [0.3, 0.4) is 0 Å². The second kappa shape index (κ2) is 61.5. The molecule has 1 rings (SSSR count). The Labute approximate surface area is 571 Å². The molecule has 0 heterocycles. The van der Waals surface area contributed by atoms with Gasteiger partial charge in [0.05, 0.1) is 0 Å². The monoisotopic (exact) mass is 1060 g/mol. The van der Waals surface area contributed by atoms with Crippen LogP contribution in [-0.4, -0.2) is 510 Å². The molecule has 48 heteroatoms. The molecule has 0 atom stereocenters. The van der Waals surface area contributed by atoms with Gasteiger partial charge in [0, 0.05) is 0 Å². The van der Waals surface area contributed by atoms with Crippen molar-refractivity contribution >= 4 is 402 Å². The van der Waals surface area contributed by atoms with Crippen molar-refractivity contribution in [3.63, 3.8) is 0 Å². The Morgan fingerprint density at radius 2 is 0.204 bits per heavy atom. The van der Waals surface area contributed by atoms with Crippen molar-refractivity contribution < 1.29 is 146 Å². The van der Waals surface area contributed by atoms with Crippen LogP contribution < -0.4 is 0 Å². The Kier molecular flexibility index (Phi) is 138. The van der Waals surface area contributed by atoms with E-state index in [0.717, 1.165) is 0 Å². The minimum atomic E-state index is -4.64. The van der Waals surface area contributed by atoms with Crippen LogP contribution in [0.1, 0.15) is 0 Å². The van der Waals surface area contributed by atoms with E-state index < -0.39 is 83.6 Å². The van der Waals surface area contributed by atoms with E-state index in [-0.39, 0.29) is 355 Å². The Morgan fingerprint density at radius 1 is 0.185 bits per heavy atom. The van der Waals surface area contributed by atoms with Crippen LogP contribution in [0.5, 0.6) is 0 Å². The average Bonchev–Trinajstić information content (AvgIpc) is 2.55. The molecule has 0 aromatic rings. The Morgan fingerprint density at radius 3 is 0.222 bits per heavy atom. The fourth-order valence-corrected chi connectivity index (χ4v) is 1.21. The molecule has 0 bridgehead atoms. The Hall–Kier alpha value is 12.4. The van der Waals surface area contributed by atoms with Crippen molar-refractivity contribution in [2.45, 2.75) is 36.6 Å². The van der Waals surface area contributed by atoms with E-state index in [1.165, 1.54) is 0 Å². The molecule has 0 saturated heterocycles. The number of hydrogen-bond donors (Lipinski definition) is 24. The van der Waals surface area contributed by atoms with Crippen molar-refractivity contribution in [2.75, 3.05) is 0 Å². The van der Waals surface area contributed by atoms with Gasteiger partial charge in [-0.25, -0.2) is 27.4 Å². The number of hydrogen-bond acceptors (Lipinski definition) is 12. The van der Waals surface area contributed by atoms with E-state index in [4.69, 9.17) is 146 Å². The summed E-state index contributed by atoms with van der Waals surface area (Å²) in [7, 11) is -27.8. The van der Waals surface area contributed by atoms with Gasteiger partial charge in [0.1, 0.15) is 36.6 Å². The van der Waals surface area contributed by atoms with Crippen molar-refractivity contribution in [2.24, 2.45) is 0 Å². The Bertz CT molecular complexity index is 735. The predicted octanol–water partition coefficient (Wildman–Crippen LogP) is -17.2. The van der Waals surface area contributed by atoms with Crippen molar-refractivity contribution in [1.82, 2.24) is 0 Å². The van der Waals surface area contributed by atoms with E-state index in [1.54, 1.807) is 0 Å². The maximum absolute atomic E-state index is 8.97. The molecule has 1 aliphatic carbocycles. The van der Waals surface area contributed by atoms with Crippen LogP contribution in [0.4, 0.5) is 0 Å². The van der Waals surface area contributed by atoms with Gasteiger partial charge in [0.15, 0.2) is 0 Å². The Balaban J connectivity index is -0.0000000174. The first kappa shape index (κ1) is 121. The topological polar surface area (TPSA) is 588 Å². The summed E-state index contributed by atoms with van der Waals surface area (Å²) in [5.74, 6) is 0. The normalized spacial score (nSPS) is 18.9. The summed E-state index contributed by atoms with van der Waals surface area (Å²) in [6, 6.07) is 0. The first-order valence-electron chi connectivity index (χ1n) is 8.24. The van der Waals surface area contributed by atoms with Gasteiger partial charge in [-0.3, -0.25) is 0 Å². The van der Waals surface area contributed by atoms with Crippen LogP contribution in [0.2, 0.25) is 0 Å². The third-order valence-electron chi connectivity index (χ3n) is 2.10. The van der Waals surface area contributed by atoms with E-state index >= 15 is 0 Å². The molecule has 288 valence electrons. The van der Waals surface area contributed by atoms with E-state index in [0.29, 0.717) is 0 Å². The zero-order valence-electron chi connectivity index (χ0n) is 19.3. The molecule has 0 aromatic heterocycles. The summed E-state index contributed by atoms with van der Waals surface area (Å²) >= 11 is 0. The van der Waals surface area contributed by atoms with Crippen molar-refractivity contribution in [3.05, 3.63) is 0 Å². The second-order valence-electron chi connectivity index (χ2n) is 6.02. The van der Waals surface area contributed by atoms with Gasteiger partial charge < -0.3 is 119 Å². The SMILES string of the molecule is O=P(O)(O)O.O=P(O)(O)O.O=P(O)(O)O.O=P(O)(O)O.O=P(O)(O)O.O=P(O)(O)O.OC1C(O)C(O)C(O)C(O)C1O.[NaH].[NaH].[NaH].[NaH].[NaH].[NaH].[NaH].[NaH].[NaH].[NaH].[NaH].[NaH]. The molecular weight excluding hydrogens is 1010 g/mol. The summed E-state index contributed by atoms with van der Waals surface area (Å²) in [5.41, 5.74) is 0. The number of aliphatic hydroxyl groups is 6. The molecule has 1 aliphatic rings. The molecule has 0 aliphatic heterocycles. The number of aliphatic hydroxyl groups excluding tert-OH is 6. The molecule has 0 spiro atoms. The fourth-order valence-electron chi connectivity index (χ4n) is 1.21. The van der Waals surface area contributed by atoms with E-state index in [2.05, 4.69) is 0 Å². The van der Waals surface area contributed by atoms with Gasteiger partial charge in [0.25, 0.3) is 0 Å². The molecular formula is C6H42Na12O30P6. The minimum absolute atomic E-state index is 0. The van der Waals surface area contributed by atoms with Gasteiger partial charge in [0.2, 0.25) is 0 Å². The predicted molar refractivity (Wildman–Crippen MR) is 207 cm³/mol. The molecule has 1 saturated carbocycles. The fraction of sp³-hybridized carbons (Fsp3) is 1.00. The van der Waals surface area contributed by atoms with Crippen molar-refractivity contribution in [3.8, 4) is 0 Å². The third kappa shape index (κ3) is 195. The average molecular weight is 1060 g/mol. The number of rotatable bonds is 0. The van der Waals surface area contributed by atoms with Gasteiger partial charge in [-0.1, -0.05) is 0 Å². The molecule has 1 fully saturated rings. The van der Waals surface area contributed by atoms with Crippen LogP contribution >= 0.6 is 46.9 Å². The maximum atomic E-state index is 8.97. The van der Waals surface area contributed by atoms with Crippen LogP contribution in [0.25, 0.3) is 0 Å². The van der Waals surface area contributed by atoms with Gasteiger partial charge >= 0.3 is 402 Å². The summed E-state index contributed by atoms with van der Waals surface area (Å²) in [5, 5.41) is 53.8. The van der Waals surface area contributed by atoms with Crippen LogP contribution in [0, 0.1) is 0 Å². The molecule has 0 radical (unpaired) electrons. The summed E-state index contributed by atoms with van der Waals surface area (Å²) in [6.45, 7) is 0. The summed E-state index contributed by atoms with van der Waals surface area (Å²) in [4.78, 5) is 129. The summed E-state index contributed by atoms with van der Waals surface area (Å²) < 4.78 is 53.3. The zero-order valence-corrected chi connectivity index (χ0v) is 24.7. The molecule has 0 aromatic carbocycles. The van der Waals surface area contributed by atoms with Gasteiger partial charge in [-0.05, 0) is 0 Å². The molecule has 30 nitrogen and oxygen atoms in total. The standard InChI is InChI=1S/C6H12O6.12Na.6H3O4P.12H/c7-1-2(8)4(10)6(12)5(11)3(1)9;;;;;;;;;;;;;6*1-5(2,3)4;;;;;;;;;;;;/h1-12H;;;;;;;;;;;;;6*(H3,1,2,3,4);;;;;;;;;;;;. The quantitative estimate of drug-likeness (QED) is 0.0791. The van der Waals surface area contributed by atoms with E-state index in [9.17, 15) is 0 Å². The molecule has 0 unspecified atom stereocenters. The molecule has 0 amide bonds. The van der Waals surface area contributed by atoms with Crippen LogP contribution in [-0.2, 0) is 27.4 Å². The number of phosphoric acid groups is 6. The molecule has 54 heavy (non-hydrogen) atoms. The first-order chi connectivity index (χ1) is 17.5. The summed E-state index contributed by atoms with van der Waals surface area (Å²) in [6.07, 6.45) is -9.84. The first-order valence-corrected chi connectivity index (χ1v) is 17.6. The van der Waals surface area contributed by atoms with Gasteiger partial charge in [-0.2, -0.15) is 0 Å². The van der Waals surface area contributed by atoms with Gasteiger partial charge in [-0.15, -0.1) is 0 Å². The van der Waals surface area contributed by atoms with E-state index in [1.807, 2.05) is 0 Å². The second-order valence-corrected chi connectivity index (χ2v) is 12.2.